The number of carbonyl (C=O) groups is 2. The zero-order valence-corrected chi connectivity index (χ0v) is 7.41. The van der Waals surface area contributed by atoms with Crippen molar-refractivity contribution in [2.24, 2.45) is 0 Å². The lowest BCUT2D eigenvalue weighted by Crippen LogP contribution is -2.09. The van der Waals surface area contributed by atoms with Crippen molar-refractivity contribution >= 4 is 23.0 Å². The van der Waals surface area contributed by atoms with Gasteiger partial charge in [-0.25, -0.2) is 9.59 Å². The summed E-state index contributed by atoms with van der Waals surface area (Å²) >= 11 is 0. The summed E-state index contributed by atoms with van der Waals surface area (Å²) in [4.78, 5) is 21.3. The summed E-state index contributed by atoms with van der Waals surface area (Å²) in [5.41, 5.74) is 0.472. The highest BCUT2D eigenvalue weighted by atomic mass is 16.4. The van der Waals surface area contributed by atoms with Crippen molar-refractivity contribution in [3.05, 3.63) is 30.0 Å². The fraction of sp³-hybridized carbons (Fsp3) is 0. The molecule has 15 heavy (non-hydrogen) atoms. The van der Waals surface area contributed by atoms with Crippen molar-refractivity contribution in [1.29, 1.82) is 0 Å². The Kier molecular flexibility index (Phi) is 1.89. The van der Waals surface area contributed by atoms with Gasteiger partial charge in [-0.15, -0.1) is 0 Å². The molecule has 0 aliphatic rings. The molecule has 2 N–H and O–H groups in total. The Morgan fingerprint density at radius 3 is 2.60 bits per heavy atom. The summed E-state index contributed by atoms with van der Waals surface area (Å²) < 4.78 is 0.793. The van der Waals surface area contributed by atoms with Gasteiger partial charge in [0.2, 0.25) is 0 Å². The molecule has 0 bridgehead atoms. The minimum Gasteiger partial charge on any atom is -0.478 e. The van der Waals surface area contributed by atoms with E-state index in [4.69, 9.17) is 10.2 Å². The van der Waals surface area contributed by atoms with Crippen LogP contribution in [0.4, 0.5) is 4.79 Å². The number of carboxylic acids is 1. The Labute approximate surface area is 83.4 Å². The number of nitrogens with zero attached hydrogens (tertiary/aromatic N) is 2. The van der Waals surface area contributed by atoms with E-state index in [2.05, 4.69) is 5.10 Å². The molecular formula is C9H6N2O4. The molecule has 0 spiro atoms. The fourth-order valence-corrected chi connectivity index (χ4v) is 1.32. The van der Waals surface area contributed by atoms with Crippen molar-refractivity contribution < 1.29 is 19.8 Å². The number of rotatable bonds is 1. The summed E-state index contributed by atoms with van der Waals surface area (Å²) in [6.45, 7) is 0. The van der Waals surface area contributed by atoms with Gasteiger partial charge in [0.05, 0.1) is 17.3 Å². The smallest absolute Gasteiger partial charge is 0.432 e. The van der Waals surface area contributed by atoms with E-state index in [0.29, 0.717) is 10.9 Å². The lowest BCUT2D eigenvalue weighted by molar-refractivity contribution is 0.0697. The van der Waals surface area contributed by atoms with Crippen LogP contribution in [0.3, 0.4) is 0 Å². The second-order valence-electron chi connectivity index (χ2n) is 2.92. The maximum Gasteiger partial charge on any atom is 0.432 e. The molecule has 0 saturated carbocycles. The number of benzene rings is 1. The molecule has 0 atom stereocenters. The molecule has 0 unspecified atom stereocenters. The summed E-state index contributed by atoms with van der Waals surface area (Å²) in [5.74, 6) is -1.06. The van der Waals surface area contributed by atoms with Crippen molar-refractivity contribution in [3.63, 3.8) is 0 Å². The van der Waals surface area contributed by atoms with Gasteiger partial charge in [-0.3, -0.25) is 0 Å². The maximum absolute atomic E-state index is 10.7. The molecule has 2 rings (SSSR count). The first-order chi connectivity index (χ1) is 7.09. The van der Waals surface area contributed by atoms with Crippen LogP contribution >= 0.6 is 0 Å². The largest absolute Gasteiger partial charge is 0.478 e. The van der Waals surface area contributed by atoms with E-state index in [1.807, 2.05) is 0 Å². The fourth-order valence-electron chi connectivity index (χ4n) is 1.32. The van der Waals surface area contributed by atoms with Crippen LogP contribution in [0.5, 0.6) is 0 Å². The van der Waals surface area contributed by atoms with Gasteiger partial charge in [0.15, 0.2) is 0 Å². The molecule has 1 aromatic heterocycles. The average Bonchev–Trinajstić information content (AvgIpc) is 2.59. The van der Waals surface area contributed by atoms with E-state index in [1.165, 1.54) is 24.4 Å². The third-order valence-electron chi connectivity index (χ3n) is 2.00. The SMILES string of the molecule is O=C(O)c1ccc2c(cnn2C(=O)O)c1. The highest BCUT2D eigenvalue weighted by molar-refractivity contribution is 5.95. The number of aromatic carboxylic acids is 1. The molecule has 6 nitrogen and oxygen atoms in total. The van der Waals surface area contributed by atoms with E-state index >= 15 is 0 Å². The van der Waals surface area contributed by atoms with Crippen molar-refractivity contribution in [2.75, 3.05) is 0 Å². The summed E-state index contributed by atoms with van der Waals surface area (Å²) in [6.07, 6.45) is 0.115. The van der Waals surface area contributed by atoms with Crippen LogP contribution in [0.1, 0.15) is 10.4 Å². The quantitative estimate of drug-likeness (QED) is 0.732. The Morgan fingerprint density at radius 2 is 2.00 bits per heavy atom. The Bertz CT molecular complexity index is 558. The van der Waals surface area contributed by atoms with Crippen LogP contribution in [0.15, 0.2) is 24.4 Å². The van der Waals surface area contributed by atoms with Crippen molar-refractivity contribution in [2.45, 2.75) is 0 Å². The topological polar surface area (TPSA) is 92.4 Å². The number of fused-ring (bicyclic) bond motifs is 1. The molecule has 0 fully saturated rings. The van der Waals surface area contributed by atoms with Crippen LogP contribution in [-0.4, -0.2) is 32.1 Å². The van der Waals surface area contributed by atoms with E-state index in [-0.39, 0.29) is 5.56 Å². The van der Waals surface area contributed by atoms with Crippen LogP contribution < -0.4 is 0 Å². The Hall–Kier alpha value is -2.37. The van der Waals surface area contributed by atoms with E-state index in [0.717, 1.165) is 4.68 Å². The molecule has 1 aromatic carbocycles. The predicted octanol–water partition coefficient (Wildman–Crippen LogP) is 1.26. The zero-order chi connectivity index (χ0) is 11.0. The van der Waals surface area contributed by atoms with Gasteiger partial charge in [0, 0.05) is 5.39 Å². The second-order valence-corrected chi connectivity index (χ2v) is 2.92. The van der Waals surface area contributed by atoms with Gasteiger partial charge in [-0.1, -0.05) is 0 Å². The molecule has 2 aromatic rings. The molecular weight excluding hydrogens is 200 g/mol. The molecule has 0 radical (unpaired) electrons. The highest BCUT2D eigenvalue weighted by Crippen LogP contribution is 2.15. The molecule has 6 heteroatoms. The minimum absolute atomic E-state index is 0.104. The summed E-state index contributed by atoms with van der Waals surface area (Å²) in [6, 6.07) is 4.13. The van der Waals surface area contributed by atoms with Crippen molar-refractivity contribution in [1.82, 2.24) is 9.78 Å². The Morgan fingerprint density at radius 1 is 1.27 bits per heavy atom. The van der Waals surface area contributed by atoms with Gasteiger partial charge in [0.1, 0.15) is 0 Å². The zero-order valence-electron chi connectivity index (χ0n) is 7.41. The third kappa shape index (κ3) is 1.41. The summed E-state index contributed by atoms with van der Waals surface area (Å²) in [7, 11) is 0. The molecule has 1 heterocycles. The third-order valence-corrected chi connectivity index (χ3v) is 2.00. The monoisotopic (exact) mass is 206 g/mol. The highest BCUT2D eigenvalue weighted by Gasteiger charge is 2.10. The van der Waals surface area contributed by atoms with Crippen LogP contribution in [-0.2, 0) is 0 Å². The van der Waals surface area contributed by atoms with Crippen LogP contribution in [0.25, 0.3) is 10.9 Å². The molecule has 0 aliphatic heterocycles. The van der Waals surface area contributed by atoms with Gasteiger partial charge in [-0.05, 0) is 18.2 Å². The van der Waals surface area contributed by atoms with Crippen molar-refractivity contribution in [3.8, 4) is 0 Å². The minimum atomic E-state index is -1.20. The van der Waals surface area contributed by atoms with E-state index in [9.17, 15) is 9.59 Å². The lowest BCUT2D eigenvalue weighted by atomic mass is 10.2. The van der Waals surface area contributed by atoms with E-state index < -0.39 is 12.1 Å². The number of carboxylic acid groups (broad SMARTS) is 2. The molecule has 76 valence electrons. The second kappa shape index (κ2) is 3.09. The molecule has 0 saturated heterocycles. The predicted molar refractivity (Wildman–Crippen MR) is 50.1 cm³/mol. The lowest BCUT2D eigenvalue weighted by Gasteiger charge is -1.96. The van der Waals surface area contributed by atoms with E-state index in [1.54, 1.807) is 0 Å². The molecule has 0 aliphatic carbocycles. The Balaban J connectivity index is 2.66. The first-order valence-electron chi connectivity index (χ1n) is 4.04. The average molecular weight is 206 g/mol. The van der Waals surface area contributed by atoms with Gasteiger partial charge < -0.3 is 10.2 Å². The maximum atomic E-state index is 10.7. The summed E-state index contributed by atoms with van der Waals surface area (Å²) in [5, 5.41) is 21.6. The van der Waals surface area contributed by atoms with Gasteiger partial charge in [0.25, 0.3) is 0 Å². The molecule has 0 amide bonds. The first-order valence-corrected chi connectivity index (χ1v) is 4.04. The number of hydrogen-bond donors (Lipinski definition) is 2. The van der Waals surface area contributed by atoms with Gasteiger partial charge in [-0.2, -0.15) is 9.78 Å². The number of aromatic nitrogens is 2. The van der Waals surface area contributed by atoms with Gasteiger partial charge >= 0.3 is 12.1 Å². The normalized spacial score (nSPS) is 10.4. The number of hydrogen-bond acceptors (Lipinski definition) is 3. The standard InChI is InChI=1S/C9H6N2O4/c12-8(13)5-1-2-7-6(3-5)4-10-11(7)9(14)15/h1-4H,(H,12,13)(H,14,15). The first kappa shape index (κ1) is 9.20. The van der Waals surface area contributed by atoms with Crippen LogP contribution in [0, 0.1) is 0 Å². The van der Waals surface area contributed by atoms with Crippen LogP contribution in [0.2, 0.25) is 0 Å².